The first-order chi connectivity index (χ1) is 16.5. The third kappa shape index (κ3) is 3.86. The Labute approximate surface area is 192 Å². The predicted molar refractivity (Wildman–Crippen MR) is 125 cm³/mol. The van der Waals surface area contributed by atoms with Crippen molar-refractivity contribution in [1.82, 2.24) is 20.6 Å². The zero-order valence-corrected chi connectivity index (χ0v) is 17.8. The minimum Gasteiger partial charge on any atom is -0.505 e. The quantitative estimate of drug-likeness (QED) is 0.311. The second kappa shape index (κ2) is 8.54. The summed E-state index contributed by atoms with van der Waals surface area (Å²) in [6.45, 7) is 1.62. The molecule has 0 fully saturated rings. The fourth-order valence-corrected chi connectivity index (χ4v) is 3.51. The van der Waals surface area contributed by atoms with Crippen LogP contribution >= 0.6 is 0 Å². The van der Waals surface area contributed by atoms with E-state index >= 15 is 0 Å². The van der Waals surface area contributed by atoms with Crippen LogP contribution in [0.3, 0.4) is 0 Å². The predicted octanol–water partition coefficient (Wildman–Crippen LogP) is 3.57. The summed E-state index contributed by atoms with van der Waals surface area (Å²) in [4.78, 5) is 12.8. The van der Waals surface area contributed by atoms with Crippen LogP contribution in [0.5, 0.6) is 5.75 Å². The number of phenols is 1. The monoisotopic (exact) mass is 456 g/mol. The largest absolute Gasteiger partial charge is 0.505 e. The summed E-state index contributed by atoms with van der Waals surface area (Å²) in [6, 6.07) is 18.0. The van der Waals surface area contributed by atoms with Gasteiger partial charge in [0.25, 0.3) is 0 Å². The first-order valence-electron chi connectivity index (χ1n) is 10.2. The third-order valence-electron chi connectivity index (χ3n) is 5.16. The van der Waals surface area contributed by atoms with Crippen molar-refractivity contribution in [3.63, 3.8) is 0 Å². The number of rotatable bonds is 5. The van der Waals surface area contributed by atoms with Gasteiger partial charge in [0.15, 0.2) is 11.5 Å². The summed E-state index contributed by atoms with van der Waals surface area (Å²) >= 11 is 0. The number of hydrazone groups is 2. The van der Waals surface area contributed by atoms with E-state index in [0.29, 0.717) is 28.5 Å². The highest BCUT2D eigenvalue weighted by Gasteiger charge is 2.31. The van der Waals surface area contributed by atoms with E-state index in [4.69, 9.17) is 0 Å². The average Bonchev–Trinajstić information content (AvgIpc) is 3.47. The number of phenolic OH excluding ortho intramolecular Hbond substituents is 1. The Balaban J connectivity index is 1.41. The standard InChI is InChI=1S/C23H17FN8O2/c1-13-20(23(34)32(29-13)17-8-3-7-16(24)12-17)26-25-19-10-4-9-18(21(19)33)14-5-2-6-15(11-14)22-27-30-31-28-22/h2-12,25,33H,1H3,(H,27,28,30,31)/b26-20-. The van der Waals surface area contributed by atoms with Crippen molar-refractivity contribution in [3.05, 3.63) is 72.5 Å². The minimum atomic E-state index is -0.514. The average molecular weight is 456 g/mol. The maximum Gasteiger partial charge on any atom is 0.301 e. The van der Waals surface area contributed by atoms with Gasteiger partial charge in [-0.15, -0.1) is 5.10 Å². The maximum atomic E-state index is 13.6. The van der Waals surface area contributed by atoms with Crippen molar-refractivity contribution in [2.24, 2.45) is 10.2 Å². The lowest BCUT2D eigenvalue weighted by Gasteiger charge is -2.12. The molecule has 2 heterocycles. The van der Waals surface area contributed by atoms with Crippen LogP contribution < -0.4 is 10.4 Å². The number of aromatic amines is 1. The van der Waals surface area contributed by atoms with Crippen molar-refractivity contribution in [1.29, 1.82) is 0 Å². The SMILES string of the molecule is CC1=NN(c2cccc(F)c2)C(=O)/C1=N\Nc1cccc(-c2cccc(-c3nnn[nH]3)c2)c1O. The van der Waals surface area contributed by atoms with E-state index in [2.05, 4.69) is 36.3 Å². The van der Waals surface area contributed by atoms with Crippen LogP contribution in [0, 0.1) is 5.82 Å². The maximum absolute atomic E-state index is 13.6. The molecule has 0 bridgehead atoms. The van der Waals surface area contributed by atoms with Gasteiger partial charge >= 0.3 is 5.91 Å². The van der Waals surface area contributed by atoms with Gasteiger partial charge in [0, 0.05) is 11.1 Å². The normalized spacial score (nSPS) is 14.5. The zero-order valence-electron chi connectivity index (χ0n) is 17.8. The number of anilines is 2. The number of aromatic hydroxyl groups is 1. The van der Waals surface area contributed by atoms with E-state index in [1.165, 1.54) is 18.2 Å². The number of aromatic nitrogens is 4. The number of amides is 1. The highest BCUT2D eigenvalue weighted by atomic mass is 19.1. The van der Waals surface area contributed by atoms with Gasteiger partial charge in [0.2, 0.25) is 0 Å². The number of para-hydroxylation sites is 1. The number of nitrogens with zero attached hydrogens (tertiary/aromatic N) is 6. The van der Waals surface area contributed by atoms with Gasteiger partial charge < -0.3 is 5.11 Å². The number of hydrogen-bond donors (Lipinski definition) is 3. The van der Waals surface area contributed by atoms with E-state index < -0.39 is 11.7 Å². The van der Waals surface area contributed by atoms with Gasteiger partial charge in [0.1, 0.15) is 11.6 Å². The van der Waals surface area contributed by atoms with Crippen LogP contribution in [0.15, 0.2) is 76.9 Å². The van der Waals surface area contributed by atoms with Gasteiger partial charge in [-0.3, -0.25) is 10.2 Å². The summed E-state index contributed by atoms with van der Waals surface area (Å²) in [6.07, 6.45) is 0. The highest BCUT2D eigenvalue weighted by molar-refractivity contribution is 6.71. The van der Waals surface area contributed by atoms with E-state index in [1.54, 1.807) is 31.2 Å². The molecule has 0 aliphatic carbocycles. The van der Waals surface area contributed by atoms with Crippen molar-refractivity contribution >= 4 is 28.7 Å². The van der Waals surface area contributed by atoms with Crippen molar-refractivity contribution < 1.29 is 14.3 Å². The Hall–Kier alpha value is -4.93. The smallest absolute Gasteiger partial charge is 0.301 e. The zero-order chi connectivity index (χ0) is 23.7. The molecule has 0 atom stereocenters. The second-order valence-corrected chi connectivity index (χ2v) is 7.39. The Morgan fingerprint density at radius 3 is 2.65 bits per heavy atom. The first kappa shape index (κ1) is 20.9. The van der Waals surface area contributed by atoms with Crippen LogP contribution in [0.25, 0.3) is 22.5 Å². The van der Waals surface area contributed by atoms with Gasteiger partial charge in [-0.05, 0) is 53.2 Å². The molecule has 0 spiro atoms. The Morgan fingerprint density at radius 2 is 1.85 bits per heavy atom. The van der Waals surface area contributed by atoms with Gasteiger partial charge in [-0.2, -0.15) is 15.2 Å². The summed E-state index contributed by atoms with van der Waals surface area (Å²) in [5.41, 5.74) is 5.76. The molecule has 0 radical (unpaired) electrons. The number of carbonyl (C=O) groups excluding carboxylic acids is 1. The van der Waals surface area contributed by atoms with Crippen LogP contribution in [0.2, 0.25) is 0 Å². The molecule has 1 amide bonds. The number of H-pyrrole nitrogens is 1. The van der Waals surface area contributed by atoms with Crippen LogP contribution in [-0.4, -0.2) is 43.1 Å². The number of halogens is 1. The minimum absolute atomic E-state index is 0.0499. The molecule has 11 heteroatoms. The lowest BCUT2D eigenvalue weighted by atomic mass is 10.0. The lowest BCUT2D eigenvalue weighted by molar-refractivity contribution is -0.112. The molecule has 3 N–H and O–H groups in total. The van der Waals surface area contributed by atoms with E-state index in [1.807, 2.05) is 24.3 Å². The van der Waals surface area contributed by atoms with Gasteiger partial charge in [0.05, 0.1) is 17.1 Å². The fraction of sp³-hybridized carbons (Fsp3) is 0.0435. The molecule has 0 saturated heterocycles. The molecule has 5 rings (SSSR count). The topological polar surface area (TPSA) is 132 Å². The molecule has 10 nitrogen and oxygen atoms in total. The van der Waals surface area contributed by atoms with Gasteiger partial charge in [-0.1, -0.05) is 36.4 Å². The lowest BCUT2D eigenvalue weighted by Crippen LogP contribution is -2.28. The molecule has 1 aliphatic rings. The summed E-state index contributed by atoms with van der Waals surface area (Å²) in [7, 11) is 0. The summed E-state index contributed by atoms with van der Waals surface area (Å²) in [5, 5.41) is 34.1. The molecule has 34 heavy (non-hydrogen) atoms. The number of nitrogens with one attached hydrogen (secondary N) is 2. The molecule has 1 aliphatic heterocycles. The number of carbonyl (C=O) groups is 1. The van der Waals surface area contributed by atoms with Crippen LogP contribution in [0.1, 0.15) is 6.92 Å². The number of benzene rings is 3. The molecule has 0 unspecified atom stereocenters. The van der Waals surface area contributed by atoms with Crippen molar-refractivity contribution in [3.8, 4) is 28.3 Å². The van der Waals surface area contributed by atoms with Crippen molar-refractivity contribution in [2.75, 3.05) is 10.4 Å². The molecule has 3 aromatic carbocycles. The van der Waals surface area contributed by atoms with Crippen LogP contribution in [-0.2, 0) is 4.79 Å². The van der Waals surface area contributed by atoms with Gasteiger partial charge in [-0.25, -0.2) is 9.49 Å². The molecule has 4 aromatic rings. The Kier molecular flexibility index (Phi) is 5.26. The Morgan fingerprint density at radius 1 is 1.06 bits per heavy atom. The molecule has 0 saturated carbocycles. The molecule has 1 aromatic heterocycles. The second-order valence-electron chi connectivity index (χ2n) is 7.39. The van der Waals surface area contributed by atoms with E-state index in [-0.39, 0.29) is 11.5 Å². The Bertz CT molecular complexity index is 1450. The third-order valence-corrected chi connectivity index (χ3v) is 5.16. The highest BCUT2D eigenvalue weighted by Crippen LogP contribution is 2.36. The summed E-state index contributed by atoms with van der Waals surface area (Å²) < 4.78 is 13.6. The molecular weight excluding hydrogens is 439 g/mol. The van der Waals surface area contributed by atoms with Crippen molar-refractivity contribution in [2.45, 2.75) is 6.92 Å². The fourth-order valence-electron chi connectivity index (χ4n) is 3.51. The molecule has 168 valence electrons. The molecular formula is C23H17FN8O2. The first-order valence-corrected chi connectivity index (χ1v) is 10.2. The summed E-state index contributed by atoms with van der Waals surface area (Å²) in [5.74, 6) is -0.548. The number of tetrazole rings is 1. The van der Waals surface area contributed by atoms with E-state index in [0.717, 1.165) is 16.1 Å². The van der Waals surface area contributed by atoms with E-state index in [9.17, 15) is 14.3 Å². The number of hydrogen-bond acceptors (Lipinski definition) is 8. The van der Waals surface area contributed by atoms with Crippen LogP contribution in [0.4, 0.5) is 15.8 Å².